The summed E-state index contributed by atoms with van der Waals surface area (Å²) in [5.74, 6) is -0.0263. The molecule has 0 aromatic heterocycles. The third-order valence-electron chi connectivity index (χ3n) is 4.46. The molecule has 1 aliphatic rings. The van der Waals surface area contributed by atoms with Gasteiger partial charge in [0.2, 0.25) is 0 Å². The van der Waals surface area contributed by atoms with E-state index in [1.54, 1.807) is 24.3 Å². The van der Waals surface area contributed by atoms with E-state index in [0.717, 1.165) is 18.4 Å². The fourth-order valence-corrected chi connectivity index (χ4v) is 5.11. The quantitative estimate of drug-likeness (QED) is 0.913. The normalized spacial score (nSPS) is 21.5. The van der Waals surface area contributed by atoms with Crippen molar-refractivity contribution in [2.75, 3.05) is 6.54 Å². The van der Waals surface area contributed by atoms with E-state index in [9.17, 15) is 8.42 Å². The Hall–Kier alpha value is -1.36. The van der Waals surface area contributed by atoms with E-state index in [0.29, 0.717) is 16.5 Å². The van der Waals surface area contributed by atoms with Crippen LogP contribution in [0.1, 0.15) is 30.4 Å². The molecule has 2 aromatic rings. The highest BCUT2D eigenvalue weighted by Crippen LogP contribution is 2.34. The highest BCUT2D eigenvalue weighted by molar-refractivity contribution is 7.92. The third-order valence-corrected chi connectivity index (χ3v) is 6.80. The Bertz CT molecular complexity index is 770. The fourth-order valence-electron chi connectivity index (χ4n) is 3.11. The van der Waals surface area contributed by atoms with Crippen LogP contribution >= 0.6 is 11.6 Å². The highest BCUT2D eigenvalue weighted by atomic mass is 35.5. The second-order valence-corrected chi connectivity index (χ2v) is 8.37. The Morgan fingerprint density at radius 2 is 1.74 bits per heavy atom. The van der Waals surface area contributed by atoms with Gasteiger partial charge in [0.1, 0.15) is 5.37 Å². The zero-order chi connectivity index (χ0) is 16.4. The minimum atomic E-state index is -3.44. The van der Waals surface area contributed by atoms with Crippen LogP contribution in [0, 0.1) is 0 Å². The summed E-state index contributed by atoms with van der Waals surface area (Å²) in [5.41, 5.74) is 2.34. The van der Waals surface area contributed by atoms with Gasteiger partial charge < -0.3 is 5.32 Å². The van der Waals surface area contributed by atoms with E-state index >= 15 is 0 Å². The molecule has 122 valence electrons. The number of aryl methyl sites for hydroxylation is 1. The van der Waals surface area contributed by atoms with Gasteiger partial charge in [-0.3, -0.25) is 0 Å². The van der Waals surface area contributed by atoms with Crippen molar-refractivity contribution in [3.63, 3.8) is 0 Å². The van der Waals surface area contributed by atoms with E-state index in [4.69, 9.17) is 11.6 Å². The molecule has 3 rings (SSSR count). The number of halogens is 1. The molecule has 1 saturated heterocycles. The average molecular weight is 350 g/mol. The topological polar surface area (TPSA) is 46.2 Å². The predicted octanol–water partition coefficient (Wildman–Crippen LogP) is 3.78. The Labute approximate surface area is 142 Å². The molecular formula is C18H20ClNO2S. The number of hydrogen-bond acceptors (Lipinski definition) is 3. The summed E-state index contributed by atoms with van der Waals surface area (Å²) < 4.78 is 25.9. The monoisotopic (exact) mass is 349 g/mol. The first-order valence-corrected chi connectivity index (χ1v) is 9.76. The van der Waals surface area contributed by atoms with E-state index in [2.05, 4.69) is 36.5 Å². The van der Waals surface area contributed by atoms with E-state index < -0.39 is 15.2 Å². The lowest BCUT2D eigenvalue weighted by atomic mass is 9.97. The molecule has 23 heavy (non-hydrogen) atoms. The Morgan fingerprint density at radius 3 is 2.35 bits per heavy atom. The molecule has 3 nitrogen and oxygen atoms in total. The average Bonchev–Trinajstić information content (AvgIpc) is 3.06. The lowest BCUT2D eigenvalue weighted by Gasteiger charge is -2.20. The molecule has 0 radical (unpaired) electrons. The van der Waals surface area contributed by atoms with Crippen molar-refractivity contribution in [3.05, 3.63) is 64.7 Å². The van der Waals surface area contributed by atoms with Crippen molar-refractivity contribution >= 4 is 21.4 Å². The maximum atomic E-state index is 12.9. The van der Waals surface area contributed by atoms with Gasteiger partial charge in [0.15, 0.2) is 9.84 Å². The Morgan fingerprint density at radius 1 is 1.09 bits per heavy atom. The summed E-state index contributed by atoms with van der Waals surface area (Å²) in [7, 11) is -3.44. The lowest BCUT2D eigenvalue weighted by molar-refractivity contribution is 0.559. The smallest absolute Gasteiger partial charge is 0.194 e. The first-order valence-electron chi connectivity index (χ1n) is 7.84. The van der Waals surface area contributed by atoms with Crippen molar-refractivity contribution in [1.82, 2.24) is 5.32 Å². The number of benzene rings is 2. The maximum absolute atomic E-state index is 12.9. The molecule has 1 aliphatic heterocycles. The zero-order valence-electron chi connectivity index (χ0n) is 13.0. The lowest BCUT2D eigenvalue weighted by Crippen LogP contribution is -2.34. The molecule has 0 saturated carbocycles. The van der Waals surface area contributed by atoms with Gasteiger partial charge in [-0.1, -0.05) is 42.8 Å². The SMILES string of the molecule is CCc1ccc(C2CCNC2S(=O)(=O)c2ccc(Cl)cc2)cc1. The van der Waals surface area contributed by atoms with Crippen LogP contribution < -0.4 is 5.32 Å². The van der Waals surface area contributed by atoms with Crippen molar-refractivity contribution in [2.24, 2.45) is 0 Å². The van der Waals surface area contributed by atoms with Gasteiger partial charge >= 0.3 is 0 Å². The van der Waals surface area contributed by atoms with Crippen LogP contribution in [0.25, 0.3) is 0 Å². The van der Waals surface area contributed by atoms with Crippen molar-refractivity contribution in [1.29, 1.82) is 0 Å². The van der Waals surface area contributed by atoms with Crippen LogP contribution in [-0.4, -0.2) is 20.3 Å². The molecular weight excluding hydrogens is 330 g/mol. The first-order chi connectivity index (χ1) is 11.0. The van der Waals surface area contributed by atoms with E-state index in [1.807, 2.05) is 0 Å². The summed E-state index contributed by atoms with van der Waals surface area (Å²) in [5, 5.41) is 3.12. The summed E-state index contributed by atoms with van der Waals surface area (Å²) in [6.07, 6.45) is 1.80. The van der Waals surface area contributed by atoms with Crippen molar-refractivity contribution < 1.29 is 8.42 Å². The van der Waals surface area contributed by atoms with Gasteiger partial charge in [0, 0.05) is 10.9 Å². The van der Waals surface area contributed by atoms with Gasteiger partial charge in [0.25, 0.3) is 0 Å². The predicted molar refractivity (Wildman–Crippen MR) is 93.6 cm³/mol. The van der Waals surface area contributed by atoms with Gasteiger partial charge in [-0.15, -0.1) is 0 Å². The summed E-state index contributed by atoms with van der Waals surface area (Å²) in [4.78, 5) is 0.316. The minimum absolute atomic E-state index is 0.0263. The fraction of sp³-hybridized carbons (Fsp3) is 0.333. The molecule has 0 amide bonds. The first kappa shape index (κ1) is 16.5. The molecule has 1 fully saturated rings. The van der Waals surface area contributed by atoms with Crippen molar-refractivity contribution in [3.8, 4) is 0 Å². The second kappa shape index (κ2) is 6.63. The van der Waals surface area contributed by atoms with Gasteiger partial charge in [-0.25, -0.2) is 8.42 Å². The molecule has 0 bridgehead atoms. The number of hydrogen-bond donors (Lipinski definition) is 1. The molecule has 0 aliphatic carbocycles. The van der Waals surface area contributed by atoms with Crippen LogP contribution in [0.4, 0.5) is 0 Å². The number of sulfone groups is 1. The molecule has 5 heteroatoms. The Balaban J connectivity index is 1.92. The van der Waals surface area contributed by atoms with Crippen LogP contribution in [0.2, 0.25) is 5.02 Å². The molecule has 2 aromatic carbocycles. The van der Waals surface area contributed by atoms with Gasteiger partial charge in [-0.2, -0.15) is 0 Å². The summed E-state index contributed by atoms with van der Waals surface area (Å²) in [6, 6.07) is 14.7. The molecule has 0 spiro atoms. The molecule has 1 N–H and O–H groups in total. The molecule has 1 heterocycles. The molecule has 2 unspecified atom stereocenters. The third kappa shape index (κ3) is 3.30. The number of rotatable bonds is 4. The molecule has 2 atom stereocenters. The van der Waals surface area contributed by atoms with Crippen molar-refractivity contribution in [2.45, 2.75) is 36.0 Å². The summed E-state index contributed by atoms with van der Waals surface area (Å²) >= 11 is 5.86. The zero-order valence-corrected chi connectivity index (χ0v) is 14.6. The maximum Gasteiger partial charge on any atom is 0.194 e. The van der Waals surface area contributed by atoms with E-state index in [-0.39, 0.29) is 5.92 Å². The van der Waals surface area contributed by atoms with Crippen LogP contribution in [0.3, 0.4) is 0 Å². The second-order valence-electron chi connectivity index (χ2n) is 5.86. The van der Waals surface area contributed by atoms with Crippen LogP contribution in [0.5, 0.6) is 0 Å². The Kier molecular flexibility index (Phi) is 4.76. The standard InChI is InChI=1S/C18H20ClNO2S/c1-2-13-3-5-14(6-4-13)17-11-12-20-18(17)23(21,22)16-9-7-15(19)8-10-16/h3-10,17-18,20H,2,11-12H2,1H3. The number of nitrogens with one attached hydrogen (secondary N) is 1. The highest BCUT2D eigenvalue weighted by Gasteiger charge is 2.38. The summed E-state index contributed by atoms with van der Waals surface area (Å²) in [6.45, 7) is 2.82. The largest absolute Gasteiger partial charge is 0.300 e. The van der Waals surface area contributed by atoms with Crippen LogP contribution in [-0.2, 0) is 16.3 Å². The van der Waals surface area contributed by atoms with Gasteiger partial charge in [0.05, 0.1) is 4.90 Å². The van der Waals surface area contributed by atoms with E-state index in [1.165, 1.54) is 5.56 Å². The minimum Gasteiger partial charge on any atom is -0.300 e. The van der Waals surface area contributed by atoms with Gasteiger partial charge in [-0.05, 0) is 54.8 Å². The van der Waals surface area contributed by atoms with Crippen LogP contribution in [0.15, 0.2) is 53.4 Å².